The highest BCUT2D eigenvalue weighted by molar-refractivity contribution is 7.99. The Labute approximate surface area is 124 Å². The van der Waals surface area contributed by atoms with Crippen LogP contribution in [0.15, 0.2) is 59.5 Å². The van der Waals surface area contributed by atoms with Crippen LogP contribution in [0.1, 0.15) is 12.0 Å². The van der Waals surface area contributed by atoms with Crippen molar-refractivity contribution >= 4 is 11.8 Å². The summed E-state index contributed by atoms with van der Waals surface area (Å²) in [5.74, 6) is 2.08. The van der Waals surface area contributed by atoms with E-state index in [0.29, 0.717) is 6.10 Å². The van der Waals surface area contributed by atoms with Gasteiger partial charge in [0.2, 0.25) is 0 Å². The molecule has 1 unspecified atom stereocenters. The third-order valence-electron chi connectivity index (χ3n) is 3.38. The summed E-state index contributed by atoms with van der Waals surface area (Å²) >= 11 is 1.90. The third kappa shape index (κ3) is 3.56. The largest absolute Gasteiger partial charge is 0.488 e. The molecule has 0 fully saturated rings. The number of ether oxygens (including phenoxy) is 1. The van der Waals surface area contributed by atoms with Crippen LogP contribution in [0.4, 0.5) is 0 Å². The van der Waals surface area contributed by atoms with Crippen molar-refractivity contribution in [3.05, 3.63) is 60.2 Å². The summed E-state index contributed by atoms with van der Waals surface area (Å²) < 4.78 is 6.02. The number of hydrogen-bond acceptors (Lipinski definition) is 3. The Kier molecular flexibility index (Phi) is 4.61. The molecule has 3 heteroatoms. The van der Waals surface area contributed by atoms with Crippen molar-refractivity contribution in [2.24, 2.45) is 0 Å². The van der Waals surface area contributed by atoms with Gasteiger partial charge in [0, 0.05) is 17.2 Å². The monoisotopic (exact) mass is 285 g/mol. The molecule has 1 atom stereocenters. The topological polar surface area (TPSA) is 21.3 Å². The van der Waals surface area contributed by atoms with E-state index in [2.05, 4.69) is 47.8 Å². The molecule has 1 N–H and O–H groups in total. The second-order valence-electron chi connectivity index (χ2n) is 4.95. The van der Waals surface area contributed by atoms with E-state index in [-0.39, 0.29) is 0 Å². The van der Waals surface area contributed by atoms with Crippen molar-refractivity contribution < 1.29 is 4.74 Å². The summed E-state index contributed by atoms with van der Waals surface area (Å²) in [4.78, 5) is 1.26. The van der Waals surface area contributed by atoms with Crippen molar-refractivity contribution in [1.29, 1.82) is 0 Å². The van der Waals surface area contributed by atoms with Crippen LogP contribution in [-0.2, 0) is 6.54 Å². The van der Waals surface area contributed by atoms with Crippen LogP contribution in [0.25, 0.3) is 0 Å². The van der Waals surface area contributed by atoms with Crippen molar-refractivity contribution in [2.45, 2.75) is 24.0 Å². The van der Waals surface area contributed by atoms with Gasteiger partial charge in [-0.05, 0) is 30.7 Å². The molecule has 0 saturated heterocycles. The van der Waals surface area contributed by atoms with Gasteiger partial charge < -0.3 is 10.1 Å². The van der Waals surface area contributed by atoms with Crippen molar-refractivity contribution in [3.8, 4) is 5.75 Å². The molecule has 3 rings (SSSR count). The highest BCUT2D eigenvalue weighted by atomic mass is 32.2. The summed E-state index contributed by atoms with van der Waals surface area (Å²) in [6.07, 6.45) is 1.37. The molecule has 2 aromatic carbocycles. The Bertz CT molecular complexity index is 544. The first-order valence-corrected chi connectivity index (χ1v) is 8.03. The average Bonchev–Trinajstić information content (AvgIpc) is 2.52. The zero-order chi connectivity index (χ0) is 13.6. The van der Waals surface area contributed by atoms with Gasteiger partial charge in [-0.2, -0.15) is 0 Å². The molecule has 20 heavy (non-hydrogen) atoms. The maximum Gasteiger partial charge on any atom is 0.133 e. The summed E-state index contributed by atoms with van der Waals surface area (Å²) in [5.41, 5.74) is 1.33. The molecule has 1 aliphatic heterocycles. The Hall–Kier alpha value is -1.45. The molecule has 0 saturated carbocycles. The molecule has 0 aliphatic carbocycles. The number of rotatable bonds is 5. The molecule has 0 aromatic heterocycles. The van der Waals surface area contributed by atoms with Crippen LogP contribution in [0.3, 0.4) is 0 Å². The van der Waals surface area contributed by atoms with Gasteiger partial charge in [-0.3, -0.25) is 0 Å². The minimum atomic E-state index is 0.318. The zero-order valence-electron chi connectivity index (χ0n) is 11.4. The molecule has 0 bridgehead atoms. The van der Waals surface area contributed by atoms with E-state index in [0.717, 1.165) is 31.0 Å². The first kappa shape index (κ1) is 13.5. The maximum absolute atomic E-state index is 6.02. The Morgan fingerprint density at radius 2 is 1.85 bits per heavy atom. The lowest BCUT2D eigenvalue weighted by atomic mass is 10.2. The number of fused-ring (bicyclic) bond motifs is 1. The van der Waals surface area contributed by atoms with Gasteiger partial charge in [0.05, 0.1) is 0 Å². The van der Waals surface area contributed by atoms with E-state index in [4.69, 9.17) is 4.74 Å². The Balaban J connectivity index is 1.42. The maximum atomic E-state index is 6.02. The second kappa shape index (κ2) is 6.82. The van der Waals surface area contributed by atoms with Gasteiger partial charge in [0.1, 0.15) is 11.9 Å². The highest BCUT2D eigenvalue weighted by Gasteiger charge is 2.19. The van der Waals surface area contributed by atoms with Gasteiger partial charge in [-0.15, -0.1) is 11.8 Å². The van der Waals surface area contributed by atoms with Crippen molar-refractivity contribution in [3.63, 3.8) is 0 Å². The van der Waals surface area contributed by atoms with E-state index in [9.17, 15) is 0 Å². The number of benzene rings is 2. The quantitative estimate of drug-likeness (QED) is 0.846. The van der Waals surface area contributed by atoms with Crippen LogP contribution in [0.5, 0.6) is 5.75 Å². The minimum Gasteiger partial charge on any atom is -0.488 e. The van der Waals surface area contributed by atoms with Gasteiger partial charge in [0.15, 0.2) is 0 Å². The van der Waals surface area contributed by atoms with E-state index in [1.165, 1.54) is 10.5 Å². The first-order valence-electron chi connectivity index (χ1n) is 7.05. The van der Waals surface area contributed by atoms with Crippen LogP contribution in [-0.4, -0.2) is 18.4 Å². The SMILES string of the molecule is c1ccc(CNCCC2CSc3ccccc3O2)cc1. The second-order valence-corrected chi connectivity index (χ2v) is 6.01. The lowest BCUT2D eigenvalue weighted by molar-refractivity contribution is 0.204. The minimum absolute atomic E-state index is 0.318. The molecule has 1 heterocycles. The Morgan fingerprint density at radius 3 is 2.75 bits per heavy atom. The van der Waals surface area contributed by atoms with Crippen LogP contribution in [0.2, 0.25) is 0 Å². The van der Waals surface area contributed by atoms with Gasteiger partial charge >= 0.3 is 0 Å². The molecule has 2 nitrogen and oxygen atoms in total. The Morgan fingerprint density at radius 1 is 1.05 bits per heavy atom. The summed E-state index contributed by atoms with van der Waals surface area (Å²) in [6, 6.07) is 18.8. The molecule has 0 radical (unpaired) electrons. The standard InChI is InChI=1S/C17H19NOS/c1-2-6-14(7-3-1)12-18-11-10-15-13-20-17-9-5-4-8-16(17)19-15/h1-9,15,18H,10-13H2. The fourth-order valence-electron chi connectivity index (χ4n) is 2.30. The number of nitrogens with one attached hydrogen (secondary N) is 1. The summed E-state index contributed by atoms with van der Waals surface area (Å²) in [5, 5.41) is 3.48. The molecule has 2 aromatic rings. The predicted octanol–water partition coefficient (Wildman–Crippen LogP) is 3.72. The van der Waals surface area contributed by atoms with Crippen LogP contribution in [0, 0.1) is 0 Å². The molecule has 0 spiro atoms. The smallest absolute Gasteiger partial charge is 0.133 e. The number of thioether (sulfide) groups is 1. The molecule has 1 aliphatic rings. The zero-order valence-corrected chi connectivity index (χ0v) is 12.2. The average molecular weight is 285 g/mol. The van der Waals surface area contributed by atoms with Crippen LogP contribution < -0.4 is 10.1 Å². The highest BCUT2D eigenvalue weighted by Crippen LogP contribution is 2.35. The van der Waals surface area contributed by atoms with Gasteiger partial charge in [-0.1, -0.05) is 42.5 Å². The fourth-order valence-corrected chi connectivity index (χ4v) is 3.33. The van der Waals surface area contributed by atoms with Crippen molar-refractivity contribution in [2.75, 3.05) is 12.3 Å². The van der Waals surface area contributed by atoms with Crippen molar-refractivity contribution in [1.82, 2.24) is 5.32 Å². The third-order valence-corrected chi connectivity index (χ3v) is 4.57. The van der Waals surface area contributed by atoms with E-state index < -0.39 is 0 Å². The molecular weight excluding hydrogens is 266 g/mol. The molecule has 0 amide bonds. The lowest BCUT2D eigenvalue weighted by Gasteiger charge is -2.25. The van der Waals surface area contributed by atoms with E-state index in [1.54, 1.807) is 0 Å². The summed E-state index contributed by atoms with van der Waals surface area (Å²) in [6.45, 7) is 1.92. The predicted molar refractivity (Wildman–Crippen MR) is 84.3 cm³/mol. The normalized spacial score (nSPS) is 17.3. The fraction of sp³-hybridized carbons (Fsp3) is 0.294. The lowest BCUT2D eigenvalue weighted by Crippen LogP contribution is -2.28. The van der Waals surface area contributed by atoms with Crippen LogP contribution >= 0.6 is 11.8 Å². The number of hydrogen-bond donors (Lipinski definition) is 1. The molecular formula is C17H19NOS. The summed E-state index contributed by atoms with van der Waals surface area (Å²) in [7, 11) is 0. The van der Waals surface area contributed by atoms with Gasteiger partial charge in [0.25, 0.3) is 0 Å². The molecule has 104 valence electrons. The first-order chi connectivity index (χ1) is 9.92. The van der Waals surface area contributed by atoms with E-state index in [1.807, 2.05) is 23.9 Å². The van der Waals surface area contributed by atoms with E-state index >= 15 is 0 Å². The number of para-hydroxylation sites is 1. The van der Waals surface area contributed by atoms with Gasteiger partial charge in [-0.25, -0.2) is 0 Å².